The van der Waals surface area contributed by atoms with Gasteiger partial charge in [-0.25, -0.2) is 9.78 Å². The lowest BCUT2D eigenvalue weighted by molar-refractivity contribution is 0.0469. The molecule has 0 saturated heterocycles. The predicted octanol–water partition coefficient (Wildman–Crippen LogP) is 4.15. The van der Waals surface area contributed by atoms with Crippen molar-refractivity contribution < 1.29 is 14.3 Å². The number of ketones is 1. The number of Topliss-reactive ketones (excluding diaryl/α,β-unsaturated/α-hetero) is 1. The van der Waals surface area contributed by atoms with E-state index >= 15 is 0 Å². The number of pyridine rings is 1. The highest BCUT2D eigenvalue weighted by Gasteiger charge is 2.16. The second-order valence-corrected chi connectivity index (χ2v) is 6.58. The fourth-order valence-electron chi connectivity index (χ4n) is 3.37. The molecule has 26 heavy (non-hydrogen) atoms. The van der Waals surface area contributed by atoms with Crippen LogP contribution in [-0.4, -0.2) is 23.3 Å². The zero-order chi connectivity index (χ0) is 17.9. The van der Waals surface area contributed by atoms with Crippen molar-refractivity contribution in [3.05, 3.63) is 77.0 Å². The minimum absolute atomic E-state index is 0.187. The van der Waals surface area contributed by atoms with Crippen LogP contribution >= 0.6 is 0 Å². The Morgan fingerprint density at radius 3 is 2.62 bits per heavy atom. The number of aryl methyl sites for hydroxylation is 2. The molecule has 2 aromatic carbocycles. The molecule has 0 amide bonds. The van der Waals surface area contributed by atoms with E-state index in [-0.39, 0.29) is 18.1 Å². The van der Waals surface area contributed by atoms with E-state index in [1.165, 1.54) is 17.5 Å². The summed E-state index contributed by atoms with van der Waals surface area (Å²) in [5.41, 5.74) is 4.10. The van der Waals surface area contributed by atoms with Gasteiger partial charge in [0.05, 0.1) is 5.52 Å². The van der Waals surface area contributed by atoms with Crippen LogP contribution in [0.3, 0.4) is 0 Å². The van der Waals surface area contributed by atoms with Gasteiger partial charge < -0.3 is 4.74 Å². The fourth-order valence-corrected chi connectivity index (χ4v) is 3.37. The number of carbonyl (C=O) groups excluding carboxylic acids is 2. The minimum atomic E-state index is -0.581. The van der Waals surface area contributed by atoms with Crippen LogP contribution in [0, 0.1) is 0 Å². The Morgan fingerprint density at radius 2 is 1.73 bits per heavy atom. The zero-order valence-corrected chi connectivity index (χ0v) is 14.4. The number of esters is 1. The molecule has 3 aromatic rings. The maximum Gasteiger partial charge on any atom is 0.357 e. The molecule has 0 radical (unpaired) electrons. The van der Waals surface area contributed by atoms with Crippen molar-refractivity contribution in [3.63, 3.8) is 0 Å². The maximum absolute atomic E-state index is 12.4. The third kappa shape index (κ3) is 3.36. The molecule has 0 aliphatic heterocycles. The summed E-state index contributed by atoms with van der Waals surface area (Å²) in [5, 5.41) is 0.953. The largest absolute Gasteiger partial charge is 0.453 e. The van der Waals surface area contributed by atoms with Crippen molar-refractivity contribution in [3.8, 4) is 0 Å². The predicted molar refractivity (Wildman–Crippen MR) is 99.4 cm³/mol. The molecule has 0 fully saturated rings. The standard InChI is InChI=1S/C22H19NO3/c24-21(18-10-9-15-5-1-2-7-17(15)13-18)14-26-22(25)20-12-11-16-6-3-4-8-19(16)23-20/h3-4,6,8-13H,1-2,5,7,14H2. The number of hydrogen-bond donors (Lipinski definition) is 0. The Kier molecular flexibility index (Phi) is 4.48. The molecular formula is C22H19NO3. The van der Waals surface area contributed by atoms with Gasteiger partial charge in [-0.3, -0.25) is 4.79 Å². The van der Waals surface area contributed by atoms with Crippen molar-refractivity contribution in [2.24, 2.45) is 0 Å². The topological polar surface area (TPSA) is 56.3 Å². The Morgan fingerprint density at radius 1 is 0.923 bits per heavy atom. The molecule has 4 rings (SSSR count). The Bertz CT molecular complexity index is 994. The van der Waals surface area contributed by atoms with Gasteiger partial charge in [-0.15, -0.1) is 0 Å². The van der Waals surface area contributed by atoms with Crippen molar-refractivity contribution in [2.45, 2.75) is 25.7 Å². The van der Waals surface area contributed by atoms with Crippen molar-refractivity contribution >= 4 is 22.7 Å². The van der Waals surface area contributed by atoms with Gasteiger partial charge in [-0.2, -0.15) is 0 Å². The third-order valence-corrected chi connectivity index (χ3v) is 4.81. The van der Waals surface area contributed by atoms with E-state index < -0.39 is 5.97 Å². The molecule has 1 aliphatic carbocycles. The number of nitrogens with zero attached hydrogens (tertiary/aromatic N) is 1. The molecule has 4 heteroatoms. The van der Waals surface area contributed by atoms with Gasteiger partial charge in [0.25, 0.3) is 0 Å². The first-order valence-corrected chi connectivity index (χ1v) is 8.88. The molecule has 130 valence electrons. The second kappa shape index (κ2) is 7.08. The van der Waals surface area contributed by atoms with Gasteiger partial charge in [0, 0.05) is 10.9 Å². The molecule has 0 bridgehead atoms. The van der Waals surface area contributed by atoms with E-state index in [1.54, 1.807) is 6.07 Å². The smallest absolute Gasteiger partial charge is 0.357 e. The molecule has 1 aliphatic rings. The van der Waals surface area contributed by atoms with Crippen molar-refractivity contribution in [1.29, 1.82) is 0 Å². The number of rotatable bonds is 4. The summed E-state index contributed by atoms with van der Waals surface area (Å²) in [6.07, 6.45) is 4.45. The summed E-state index contributed by atoms with van der Waals surface area (Å²) in [6.45, 7) is -0.272. The number of carbonyl (C=O) groups is 2. The van der Waals surface area contributed by atoms with Crippen LogP contribution in [0.2, 0.25) is 0 Å². The summed E-state index contributed by atoms with van der Waals surface area (Å²) in [4.78, 5) is 28.9. The average Bonchev–Trinajstić information content (AvgIpc) is 2.71. The number of para-hydroxylation sites is 1. The highest BCUT2D eigenvalue weighted by atomic mass is 16.5. The molecule has 1 aromatic heterocycles. The van der Waals surface area contributed by atoms with Crippen LogP contribution in [0.15, 0.2) is 54.6 Å². The van der Waals surface area contributed by atoms with E-state index in [1.807, 2.05) is 48.5 Å². The number of ether oxygens (including phenoxy) is 1. The molecule has 0 N–H and O–H groups in total. The first-order valence-electron chi connectivity index (χ1n) is 8.88. The van der Waals surface area contributed by atoms with Crippen LogP contribution in [-0.2, 0) is 17.6 Å². The summed E-state index contributed by atoms with van der Waals surface area (Å²) in [7, 11) is 0. The Hall–Kier alpha value is -3.01. The van der Waals surface area contributed by atoms with E-state index in [4.69, 9.17) is 4.74 Å². The van der Waals surface area contributed by atoms with Gasteiger partial charge >= 0.3 is 5.97 Å². The van der Waals surface area contributed by atoms with Gasteiger partial charge in [-0.1, -0.05) is 36.4 Å². The van der Waals surface area contributed by atoms with Crippen LogP contribution in [0.1, 0.15) is 44.8 Å². The second-order valence-electron chi connectivity index (χ2n) is 6.58. The minimum Gasteiger partial charge on any atom is -0.453 e. The van der Waals surface area contributed by atoms with E-state index in [0.717, 1.165) is 30.2 Å². The third-order valence-electron chi connectivity index (χ3n) is 4.81. The molecular weight excluding hydrogens is 326 g/mol. The molecule has 0 spiro atoms. The summed E-state index contributed by atoms with van der Waals surface area (Å²) in [6, 6.07) is 16.8. The molecule has 4 nitrogen and oxygen atoms in total. The molecule has 0 atom stereocenters. The van der Waals surface area contributed by atoms with Crippen molar-refractivity contribution in [1.82, 2.24) is 4.98 Å². The van der Waals surface area contributed by atoms with Gasteiger partial charge in [0.2, 0.25) is 0 Å². The Labute approximate surface area is 151 Å². The lowest BCUT2D eigenvalue weighted by Crippen LogP contribution is -2.16. The normalized spacial score (nSPS) is 13.2. The van der Waals surface area contributed by atoms with Crippen LogP contribution in [0.4, 0.5) is 0 Å². The lowest BCUT2D eigenvalue weighted by Gasteiger charge is -2.16. The Balaban J connectivity index is 1.44. The summed E-state index contributed by atoms with van der Waals surface area (Å²) < 4.78 is 5.19. The monoisotopic (exact) mass is 345 g/mol. The highest BCUT2D eigenvalue weighted by Crippen LogP contribution is 2.22. The maximum atomic E-state index is 12.4. The first-order chi connectivity index (χ1) is 12.7. The summed E-state index contributed by atoms with van der Waals surface area (Å²) in [5.74, 6) is -0.769. The quantitative estimate of drug-likeness (QED) is 0.526. The SMILES string of the molecule is O=C(COC(=O)c1ccc2ccccc2n1)c1ccc2c(c1)CCCC2. The number of aromatic nitrogens is 1. The van der Waals surface area contributed by atoms with E-state index in [0.29, 0.717) is 5.56 Å². The van der Waals surface area contributed by atoms with Crippen LogP contribution in [0.25, 0.3) is 10.9 Å². The number of hydrogen-bond acceptors (Lipinski definition) is 4. The van der Waals surface area contributed by atoms with Gasteiger partial charge in [0.15, 0.2) is 12.4 Å². The lowest BCUT2D eigenvalue weighted by atomic mass is 9.90. The van der Waals surface area contributed by atoms with E-state index in [2.05, 4.69) is 4.98 Å². The van der Waals surface area contributed by atoms with Crippen LogP contribution in [0.5, 0.6) is 0 Å². The number of benzene rings is 2. The van der Waals surface area contributed by atoms with Gasteiger partial charge in [0.1, 0.15) is 5.69 Å². The zero-order valence-electron chi connectivity index (χ0n) is 14.4. The van der Waals surface area contributed by atoms with Crippen LogP contribution < -0.4 is 0 Å². The average molecular weight is 345 g/mol. The van der Waals surface area contributed by atoms with E-state index in [9.17, 15) is 9.59 Å². The molecule has 0 unspecified atom stereocenters. The first kappa shape index (κ1) is 16.5. The number of fused-ring (bicyclic) bond motifs is 2. The fraction of sp³-hybridized carbons (Fsp3) is 0.227. The highest BCUT2D eigenvalue weighted by molar-refractivity contribution is 5.99. The van der Waals surface area contributed by atoms with Gasteiger partial charge in [-0.05, 0) is 55.0 Å². The molecule has 1 heterocycles. The molecule has 0 saturated carbocycles. The van der Waals surface area contributed by atoms with Crippen molar-refractivity contribution in [2.75, 3.05) is 6.61 Å². The summed E-state index contributed by atoms with van der Waals surface area (Å²) >= 11 is 0.